The standard InChI is InChI=1S/C20H20N2OS/c1-23-19-8-6-16(7-9-19)20-21-18(14-24-20)13-22-11-10-15-4-2-3-5-17(15)12-22/h2-9,14H,10-13H2,1H3/p+1. The molecular weight excluding hydrogens is 316 g/mol. The highest BCUT2D eigenvalue weighted by Crippen LogP contribution is 2.25. The van der Waals surface area contributed by atoms with Gasteiger partial charge in [0.15, 0.2) is 0 Å². The van der Waals surface area contributed by atoms with Crippen LogP contribution in [0.1, 0.15) is 16.8 Å². The number of ether oxygens (including phenoxy) is 1. The minimum atomic E-state index is 0.881. The molecule has 0 radical (unpaired) electrons. The van der Waals surface area contributed by atoms with Crippen LogP contribution in [0.2, 0.25) is 0 Å². The molecule has 1 unspecified atom stereocenters. The van der Waals surface area contributed by atoms with Crippen LogP contribution >= 0.6 is 11.3 Å². The van der Waals surface area contributed by atoms with Crippen LogP contribution in [0.3, 0.4) is 0 Å². The predicted octanol–water partition coefficient (Wildman–Crippen LogP) is 2.96. The fourth-order valence-electron chi connectivity index (χ4n) is 3.30. The Balaban J connectivity index is 1.46. The van der Waals surface area contributed by atoms with Gasteiger partial charge in [0.1, 0.15) is 29.5 Å². The van der Waals surface area contributed by atoms with E-state index in [0.29, 0.717) is 0 Å². The molecular formula is C20H21N2OS+. The average molecular weight is 337 g/mol. The number of nitrogens with one attached hydrogen (secondary N) is 1. The molecule has 122 valence electrons. The van der Waals surface area contributed by atoms with Crippen molar-refractivity contribution in [1.82, 2.24) is 4.98 Å². The molecule has 0 aliphatic carbocycles. The highest BCUT2D eigenvalue weighted by molar-refractivity contribution is 7.13. The number of benzene rings is 2. The van der Waals surface area contributed by atoms with Gasteiger partial charge in [-0.15, -0.1) is 11.3 Å². The Morgan fingerprint density at radius 2 is 1.88 bits per heavy atom. The summed E-state index contributed by atoms with van der Waals surface area (Å²) in [5.41, 5.74) is 5.36. The van der Waals surface area contributed by atoms with Crippen molar-refractivity contribution in [2.45, 2.75) is 19.5 Å². The Morgan fingerprint density at radius 1 is 1.08 bits per heavy atom. The summed E-state index contributed by atoms with van der Waals surface area (Å²) in [4.78, 5) is 6.44. The number of methoxy groups -OCH3 is 1. The second-order valence-corrected chi connectivity index (χ2v) is 7.10. The maximum Gasteiger partial charge on any atom is 0.123 e. The minimum Gasteiger partial charge on any atom is -0.497 e. The van der Waals surface area contributed by atoms with Gasteiger partial charge in [0.05, 0.1) is 13.7 Å². The van der Waals surface area contributed by atoms with Crippen molar-refractivity contribution in [3.63, 3.8) is 0 Å². The van der Waals surface area contributed by atoms with Gasteiger partial charge in [-0.3, -0.25) is 0 Å². The fourth-order valence-corrected chi connectivity index (χ4v) is 4.13. The molecule has 1 aromatic heterocycles. The third-order valence-corrected chi connectivity index (χ3v) is 5.57. The van der Waals surface area contributed by atoms with E-state index in [1.54, 1.807) is 23.3 Å². The molecule has 0 saturated carbocycles. The zero-order chi connectivity index (χ0) is 16.4. The van der Waals surface area contributed by atoms with Crippen molar-refractivity contribution < 1.29 is 9.64 Å². The van der Waals surface area contributed by atoms with Crippen molar-refractivity contribution in [1.29, 1.82) is 0 Å². The normalized spacial score (nSPS) is 16.6. The maximum absolute atomic E-state index is 5.22. The number of thiazole rings is 1. The molecule has 24 heavy (non-hydrogen) atoms. The summed E-state index contributed by atoms with van der Waals surface area (Å²) in [6.45, 7) is 3.29. The molecule has 0 spiro atoms. The van der Waals surface area contributed by atoms with Crippen molar-refractivity contribution in [3.05, 3.63) is 70.7 Å². The van der Waals surface area contributed by atoms with E-state index in [-0.39, 0.29) is 0 Å². The molecule has 0 fully saturated rings. The number of aromatic nitrogens is 1. The van der Waals surface area contributed by atoms with E-state index in [0.717, 1.165) is 29.4 Å². The van der Waals surface area contributed by atoms with Gasteiger partial charge in [-0.25, -0.2) is 4.98 Å². The molecule has 4 rings (SSSR count). The van der Waals surface area contributed by atoms with Crippen molar-refractivity contribution in [3.8, 4) is 16.3 Å². The lowest BCUT2D eigenvalue weighted by Crippen LogP contribution is -3.10. The Morgan fingerprint density at radius 3 is 2.67 bits per heavy atom. The largest absolute Gasteiger partial charge is 0.497 e. The first-order chi connectivity index (χ1) is 11.8. The van der Waals surface area contributed by atoms with Gasteiger partial charge >= 0.3 is 0 Å². The lowest BCUT2D eigenvalue weighted by atomic mass is 10.00. The third kappa shape index (κ3) is 3.21. The molecule has 1 N–H and O–H groups in total. The number of fused-ring (bicyclic) bond motifs is 1. The highest BCUT2D eigenvalue weighted by Gasteiger charge is 2.20. The predicted molar refractivity (Wildman–Crippen MR) is 97.5 cm³/mol. The molecule has 1 aliphatic heterocycles. The summed E-state index contributed by atoms with van der Waals surface area (Å²) < 4.78 is 5.22. The molecule has 1 aliphatic rings. The van der Waals surface area contributed by atoms with Crippen LogP contribution in [0.5, 0.6) is 5.75 Å². The van der Waals surface area contributed by atoms with Gasteiger partial charge in [-0.1, -0.05) is 24.3 Å². The van der Waals surface area contributed by atoms with E-state index in [1.807, 2.05) is 12.1 Å². The first kappa shape index (κ1) is 15.4. The second-order valence-electron chi connectivity index (χ2n) is 6.24. The first-order valence-corrected chi connectivity index (χ1v) is 9.19. The Labute approximate surface area is 146 Å². The molecule has 0 amide bonds. The summed E-state index contributed by atoms with van der Waals surface area (Å²) in [5.74, 6) is 0.881. The third-order valence-electron chi connectivity index (χ3n) is 4.63. The zero-order valence-electron chi connectivity index (χ0n) is 13.8. The van der Waals surface area contributed by atoms with E-state index in [4.69, 9.17) is 9.72 Å². The lowest BCUT2D eigenvalue weighted by Gasteiger charge is -2.25. The molecule has 2 heterocycles. The number of hydrogen-bond donors (Lipinski definition) is 1. The number of quaternary nitrogens is 1. The van der Waals surface area contributed by atoms with Crippen LogP contribution in [0.4, 0.5) is 0 Å². The molecule has 3 nitrogen and oxygen atoms in total. The quantitative estimate of drug-likeness (QED) is 0.792. The summed E-state index contributed by atoms with van der Waals surface area (Å²) >= 11 is 1.73. The molecule has 1 atom stereocenters. The van der Waals surface area contributed by atoms with Gasteiger partial charge in [0.2, 0.25) is 0 Å². The molecule has 2 aromatic carbocycles. The second kappa shape index (κ2) is 6.75. The number of rotatable bonds is 4. The molecule has 0 saturated heterocycles. The fraction of sp³-hybridized carbons (Fsp3) is 0.250. The van der Waals surface area contributed by atoms with Crippen molar-refractivity contribution >= 4 is 11.3 Å². The van der Waals surface area contributed by atoms with E-state index in [2.05, 4.69) is 41.8 Å². The van der Waals surface area contributed by atoms with Gasteiger partial charge in [0.25, 0.3) is 0 Å². The first-order valence-electron chi connectivity index (χ1n) is 8.31. The van der Waals surface area contributed by atoms with Crippen LogP contribution in [0.25, 0.3) is 10.6 Å². The molecule has 3 aromatic rings. The van der Waals surface area contributed by atoms with Crippen molar-refractivity contribution in [2.75, 3.05) is 13.7 Å². The maximum atomic E-state index is 5.22. The van der Waals surface area contributed by atoms with Crippen LogP contribution < -0.4 is 9.64 Å². The Hall–Kier alpha value is -2.17. The van der Waals surface area contributed by atoms with Crippen LogP contribution in [0, 0.1) is 0 Å². The van der Waals surface area contributed by atoms with Gasteiger partial charge < -0.3 is 9.64 Å². The van der Waals surface area contributed by atoms with Crippen LogP contribution in [0.15, 0.2) is 53.9 Å². The lowest BCUT2D eigenvalue weighted by molar-refractivity contribution is -0.929. The van der Waals surface area contributed by atoms with E-state index in [9.17, 15) is 0 Å². The van der Waals surface area contributed by atoms with E-state index < -0.39 is 0 Å². The summed E-state index contributed by atoms with van der Waals surface area (Å²) in [6.07, 6.45) is 1.17. The van der Waals surface area contributed by atoms with Crippen LogP contribution in [-0.4, -0.2) is 18.6 Å². The minimum absolute atomic E-state index is 0.881. The SMILES string of the molecule is COc1ccc(-c2nc(C[NH+]3CCc4ccccc4C3)cs2)cc1. The van der Waals surface area contributed by atoms with Crippen LogP contribution in [-0.2, 0) is 19.5 Å². The van der Waals surface area contributed by atoms with E-state index >= 15 is 0 Å². The van der Waals surface area contributed by atoms with Crippen molar-refractivity contribution in [2.24, 2.45) is 0 Å². The number of hydrogen-bond acceptors (Lipinski definition) is 3. The summed E-state index contributed by atoms with van der Waals surface area (Å²) in [5, 5.41) is 3.29. The highest BCUT2D eigenvalue weighted by atomic mass is 32.1. The van der Waals surface area contributed by atoms with Gasteiger partial charge in [0, 0.05) is 22.9 Å². The molecule has 0 bridgehead atoms. The zero-order valence-corrected chi connectivity index (χ0v) is 14.6. The van der Waals surface area contributed by atoms with E-state index in [1.165, 1.54) is 29.8 Å². The molecule has 4 heteroatoms. The smallest absolute Gasteiger partial charge is 0.123 e. The van der Waals surface area contributed by atoms with Gasteiger partial charge in [-0.05, 0) is 29.8 Å². The monoisotopic (exact) mass is 337 g/mol. The topological polar surface area (TPSA) is 26.6 Å². The Bertz CT molecular complexity index is 826. The Kier molecular flexibility index (Phi) is 4.32. The van der Waals surface area contributed by atoms with Gasteiger partial charge in [-0.2, -0.15) is 0 Å². The summed E-state index contributed by atoms with van der Waals surface area (Å²) in [7, 11) is 1.69. The number of nitrogens with zero attached hydrogens (tertiary/aromatic N) is 1. The average Bonchev–Trinajstić information content (AvgIpc) is 3.10. The summed E-state index contributed by atoms with van der Waals surface area (Å²) in [6, 6.07) is 16.9.